The van der Waals surface area contributed by atoms with Gasteiger partial charge >= 0.3 is 7.12 Å². The Balaban J connectivity index is 0.000000192. The van der Waals surface area contributed by atoms with Crippen molar-refractivity contribution in [2.75, 3.05) is 36.8 Å². The van der Waals surface area contributed by atoms with Crippen LogP contribution in [0.3, 0.4) is 0 Å². The van der Waals surface area contributed by atoms with Crippen LogP contribution in [0.1, 0.15) is 0 Å². The number of hydrogen-bond acceptors (Lipinski definition) is 16. The molecule has 0 atom stereocenters. The number of nitrogen functional groups attached to an aromatic ring is 1. The number of nitrogens with zero attached hydrogens (tertiary/aromatic N) is 8. The lowest BCUT2D eigenvalue weighted by molar-refractivity contribution is 0.259. The molecule has 0 spiro atoms. The van der Waals surface area contributed by atoms with Crippen molar-refractivity contribution in [1.29, 1.82) is 0 Å². The first-order valence-electron chi connectivity index (χ1n) is 15.6. The van der Waals surface area contributed by atoms with Gasteiger partial charge in [-0.05, 0) is 76.6 Å². The van der Waals surface area contributed by atoms with E-state index in [1.165, 1.54) is 40.1 Å². The second-order valence-corrected chi connectivity index (χ2v) is 15.2. The van der Waals surface area contributed by atoms with E-state index < -0.39 is 26.8 Å². The van der Waals surface area contributed by atoms with Crippen molar-refractivity contribution in [3.8, 4) is 22.8 Å². The number of aromatic nitrogens is 8. The summed E-state index contributed by atoms with van der Waals surface area (Å²) < 4.78 is 45.0. The van der Waals surface area contributed by atoms with Crippen molar-refractivity contribution in [3.63, 3.8) is 0 Å². The lowest BCUT2D eigenvalue weighted by Crippen LogP contribution is -2.29. The maximum Gasteiger partial charge on any atom is 0.488 e. The SMILES string of the molecule is CS(=O)(=O)c1ccc(B(O)O)cc1.CS(=O)(=O)c1ccc(Nc2ccccc2-c2nnn(CCO)n2)cc1.Nc1ccccc1-c1nnn(CCO)n1. The Morgan fingerprint density at radius 3 is 1.58 bits per heavy atom. The summed E-state index contributed by atoms with van der Waals surface area (Å²) in [5.41, 5.74) is 9.65. The van der Waals surface area contributed by atoms with Gasteiger partial charge in [0.1, 0.15) is 0 Å². The monoisotopic (exact) mass is 764 g/mol. The van der Waals surface area contributed by atoms with Gasteiger partial charge in [0.05, 0.1) is 36.1 Å². The van der Waals surface area contributed by atoms with Crippen molar-refractivity contribution in [3.05, 3.63) is 97.1 Å². The third kappa shape index (κ3) is 11.7. The van der Waals surface area contributed by atoms with Gasteiger partial charge < -0.3 is 31.3 Å². The van der Waals surface area contributed by atoms with E-state index in [4.69, 9.17) is 26.0 Å². The predicted octanol–water partition coefficient (Wildman–Crippen LogP) is 0.164. The largest absolute Gasteiger partial charge is 0.488 e. The molecule has 0 aliphatic rings. The van der Waals surface area contributed by atoms with E-state index in [0.29, 0.717) is 23.9 Å². The van der Waals surface area contributed by atoms with E-state index in [0.717, 1.165) is 28.8 Å². The number of para-hydroxylation sites is 2. The number of hydrogen-bond donors (Lipinski definition) is 6. The van der Waals surface area contributed by atoms with Gasteiger partial charge in [-0.2, -0.15) is 9.59 Å². The Morgan fingerprint density at radius 2 is 1.11 bits per heavy atom. The molecule has 21 heteroatoms. The van der Waals surface area contributed by atoms with Crippen LogP contribution in [0.25, 0.3) is 22.8 Å². The zero-order valence-corrected chi connectivity index (χ0v) is 30.2. The maximum absolute atomic E-state index is 11.5. The standard InChI is InChI=1S/C16H17N5O3S.C9H11N5O.C7H9BO4S/c1-25(23,24)13-8-6-12(7-9-13)17-15-5-3-2-4-14(15)16-18-20-21(19-16)10-11-22;10-8-4-2-1-3-7(8)9-11-13-14(12-9)5-6-15;1-13(11,12)7-4-2-6(3-5-7)8(9)10/h2-9,17,22H,10-11H2,1H3;1-4,15H,5-6,10H2;2-5,9-10H,1H3. The van der Waals surface area contributed by atoms with E-state index in [9.17, 15) is 16.8 Å². The number of aliphatic hydroxyl groups is 2. The van der Waals surface area contributed by atoms with Gasteiger partial charge in [-0.15, -0.1) is 20.4 Å². The van der Waals surface area contributed by atoms with E-state index in [1.807, 2.05) is 42.5 Å². The Kier molecular flexibility index (Phi) is 13.9. The second kappa shape index (κ2) is 18.3. The van der Waals surface area contributed by atoms with Crippen molar-refractivity contribution >= 4 is 49.3 Å². The lowest BCUT2D eigenvalue weighted by atomic mass is 9.81. The fraction of sp³-hybridized carbons (Fsp3) is 0.188. The smallest absolute Gasteiger partial charge is 0.423 e. The van der Waals surface area contributed by atoms with Crippen LogP contribution in [0.15, 0.2) is 107 Å². The molecular formula is C32H37BN10O8S2. The molecule has 278 valence electrons. The molecular weight excluding hydrogens is 727 g/mol. The molecule has 0 radical (unpaired) electrons. The van der Waals surface area contributed by atoms with E-state index in [-0.39, 0.29) is 35.0 Å². The van der Waals surface area contributed by atoms with Crippen molar-refractivity contribution in [1.82, 2.24) is 40.4 Å². The Labute approximate surface area is 305 Å². The molecule has 0 fully saturated rings. The summed E-state index contributed by atoms with van der Waals surface area (Å²) in [6.45, 7) is 0.526. The minimum absolute atomic E-state index is 0.0138. The topological polar surface area (TPSA) is 274 Å². The van der Waals surface area contributed by atoms with Crippen molar-refractivity contribution in [2.45, 2.75) is 22.9 Å². The molecule has 0 bridgehead atoms. The van der Waals surface area contributed by atoms with E-state index in [2.05, 4.69) is 36.1 Å². The van der Waals surface area contributed by atoms with Crippen LogP contribution in [0.2, 0.25) is 0 Å². The molecule has 0 aliphatic heterocycles. The maximum atomic E-state index is 11.5. The molecule has 2 heterocycles. The molecule has 0 saturated carbocycles. The Morgan fingerprint density at radius 1 is 0.660 bits per heavy atom. The summed E-state index contributed by atoms with van der Waals surface area (Å²) in [4.78, 5) is 3.09. The summed E-state index contributed by atoms with van der Waals surface area (Å²) in [7, 11) is -8.00. The van der Waals surface area contributed by atoms with Crippen LogP contribution in [-0.4, -0.2) is 110 Å². The molecule has 0 amide bonds. The van der Waals surface area contributed by atoms with Gasteiger partial charge in [0.25, 0.3) is 0 Å². The molecule has 2 aromatic heterocycles. The highest BCUT2D eigenvalue weighted by atomic mass is 32.2. The van der Waals surface area contributed by atoms with Crippen molar-refractivity contribution < 1.29 is 37.1 Å². The minimum Gasteiger partial charge on any atom is -0.423 e. The van der Waals surface area contributed by atoms with Gasteiger partial charge in [0, 0.05) is 40.7 Å². The van der Waals surface area contributed by atoms with Crippen LogP contribution in [0, 0.1) is 0 Å². The van der Waals surface area contributed by atoms with E-state index >= 15 is 0 Å². The van der Waals surface area contributed by atoms with E-state index in [1.54, 1.807) is 30.3 Å². The highest BCUT2D eigenvalue weighted by Crippen LogP contribution is 2.28. The lowest BCUT2D eigenvalue weighted by Gasteiger charge is -2.10. The highest BCUT2D eigenvalue weighted by molar-refractivity contribution is 7.91. The summed E-state index contributed by atoms with van der Waals surface area (Å²) >= 11 is 0. The zero-order chi connectivity index (χ0) is 38.6. The summed E-state index contributed by atoms with van der Waals surface area (Å²) in [5.74, 6) is 0.908. The normalized spacial score (nSPS) is 11.1. The number of benzene rings is 4. The van der Waals surface area contributed by atoms with Gasteiger partial charge in [-0.3, -0.25) is 0 Å². The summed E-state index contributed by atoms with van der Waals surface area (Å²) in [5, 5.41) is 62.2. The number of aliphatic hydroxyl groups excluding tert-OH is 2. The van der Waals surface area contributed by atoms with Crippen LogP contribution < -0.4 is 16.5 Å². The zero-order valence-electron chi connectivity index (χ0n) is 28.5. The molecule has 53 heavy (non-hydrogen) atoms. The second-order valence-electron chi connectivity index (χ2n) is 11.1. The first-order chi connectivity index (χ1) is 25.2. The number of nitrogens with one attached hydrogen (secondary N) is 1. The molecule has 4 aromatic carbocycles. The summed E-state index contributed by atoms with van der Waals surface area (Å²) in [6, 6.07) is 26.7. The number of tetrazole rings is 2. The summed E-state index contributed by atoms with van der Waals surface area (Å²) in [6.07, 6.45) is 2.27. The van der Waals surface area contributed by atoms with Crippen LogP contribution in [0.4, 0.5) is 17.1 Å². The molecule has 0 saturated heterocycles. The minimum atomic E-state index is -3.23. The first kappa shape index (κ1) is 40.2. The van der Waals surface area contributed by atoms with Crippen LogP contribution in [-0.2, 0) is 32.8 Å². The number of anilines is 3. The third-order valence-corrected chi connectivity index (χ3v) is 9.30. The molecule has 0 unspecified atom stereocenters. The average molecular weight is 765 g/mol. The number of rotatable bonds is 11. The highest BCUT2D eigenvalue weighted by Gasteiger charge is 2.14. The molecule has 6 rings (SSSR count). The molecule has 7 N–H and O–H groups in total. The van der Waals surface area contributed by atoms with Crippen molar-refractivity contribution in [2.24, 2.45) is 0 Å². The Bertz CT molecular complexity index is 2300. The van der Waals surface area contributed by atoms with Crippen LogP contribution >= 0.6 is 0 Å². The fourth-order valence-corrected chi connectivity index (χ4v) is 5.65. The number of sulfone groups is 2. The average Bonchev–Trinajstić information content (AvgIpc) is 3.79. The van der Waals surface area contributed by atoms with Gasteiger partial charge in [0.2, 0.25) is 11.6 Å². The quantitative estimate of drug-likeness (QED) is 0.0758. The van der Waals surface area contributed by atoms with Gasteiger partial charge in [-0.25, -0.2) is 16.8 Å². The fourth-order valence-electron chi connectivity index (χ4n) is 4.39. The van der Waals surface area contributed by atoms with Crippen LogP contribution in [0.5, 0.6) is 0 Å². The molecule has 18 nitrogen and oxygen atoms in total. The predicted molar refractivity (Wildman–Crippen MR) is 197 cm³/mol. The molecule has 6 aromatic rings. The van der Waals surface area contributed by atoms with Gasteiger partial charge in [-0.1, -0.05) is 36.4 Å². The first-order valence-corrected chi connectivity index (χ1v) is 19.4. The third-order valence-electron chi connectivity index (χ3n) is 7.04. The van der Waals surface area contributed by atoms with Gasteiger partial charge in [0.15, 0.2) is 19.7 Å². The molecule has 0 aliphatic carbocycles. The Hall–Kier alpha value is -5.58. The number of nitrogens with two attached hydrogens (primary N) is 1.